The van der Waals surface area contributed by atoms with Gasteiger partial charge in [-0.05, 0) is 19.8 Å². The molecule has 1 aliphatic heterocycles. The zero-order valence-electron chi connectivity index (χ0n) is 9.16. The Hall–Kier alpha value is -1.14. The van der Waals surface area contributed by atoms with Crippen molar-refractivity contribution < 1.29 is 19.5 Å². The summed E-state index contributed by atoms with van der Waals surface area (Å²) in [6, 6.07) is 0. The van der Waals surface area contributed by atoms with Crippen molar-refractivity contribution in [3.8, 4) is 0 Å². The molecule has 0 aromatic carbocycles. The van der Waals surface area contributed by atoms with E-state index in [1.54, 1.807) is 0 Å². The van der Waals surface area contributed by atoms with Crippen molar-refractivity contribution in [3.63, 3.8) is 0 Å². The van der Waals surface area contributed by atoms with Crippen LogP contribution in [0.25, 0.3) is 0 Å². The van der Waals surface area contributed by atoms with Gasteiger partial charge in [0.1, 0.15) is 0 Å². The Balaban J connectivity index is 1.99. The van der Waals surface area contributed by atoms with Gasteiger partial charge < -0.3 is 15.3 Å². The molecule has 2 atom stereocenters. The van der Waals surface area contributed by atoms with E-state index < -0.39 is 24.0 Å². The quantitative estimate of drug-likeness (QED) is 0.551. The van der Waals surface area contributed by atoms with E-state index in [4.69, 9.17) is 0 Å². The molecule has 0 spiro atoms. The van der Waals surface area contributed by atoms with E-state index in [-0.39, 0.29) is 5.54 Å². The van der Waals surface area contributed by atoms with E-state index in [9.17, 15) is 14.7 Å². The van der Waals surface area contributed by atoms with Crippen molar-refractivity contribution >= 4 is 11.9 Å². The Morgan fingerprint density at radius 2 is 2.19 bits per heavy atom. The smallest absolute Gasteiger partial charge is 0.341 e. The zero-order valence-corrected chi connectivity index (χ0v) is 9.16. The van der Waals surface area contributed by atoms with Crippen LogP contribution in [0.5, 0.6) is 0 Å². The lowest BCUT2D eigenvalue weighted by Crippen LogP contribution is -2.49. The molecule has 3 N–H and O–H groups in total. The number of aliphatic hydroxyl groups excluding tert-OH is 1. The number of hydrogen-bond donors (Lipinski definition) is 3. The third kappa shape index (κ3) is 2.03. The van der Waals surface area contributed by atoms with Crippen LogP contribution in [-0.2, 0) is 14.4 Å². The van der Waals surface area contributed by atoms with E-state index in [1.165, 1.54) is 0 Å². The third-order valence-corrected chi connectivity index (χ3v) is 3.26. The maximum absolute atomic E-state index is 11.8. The summed E-state index contributed by atoms with van der Waals surface area (Å²) in [6.07, 6.45) is 2.71. The second kappa shape index (κ2) is 4.03. The standard InChI is InChI=1S/C10H16N2O4/c1-10(4-2-3-5-10)11-7(13)6-8(14)12-16-9(6)15/h6,8,12,14H,2-5H2,1H3,(H,11,13). The zero-order chi connectivity index (χ0) is 11.8. The number of nitrogens with one attached hydrogen (secondary N) is 2. The molecule has 1 heterocycles. The maximum atomic E-state index is 11.8. The van der Waals surface area contributed by atoms with E-state index >= 15 is 0 Å². The molecule has 1 amide bonds. The van der Waals surface area contributed by atoms with Gasteiger partial charge in [0.25, 0.3) is 0 Å². The molecule has 2 rings (SSSR count). The van der Waals surface area contributed by atoms with Crippen LogP contribution >= 0.6 is 0 Å². The first-order chi connectivity index (χ1) is 7.52. The van der Waals surface area contributed by atoms with Gasteiger partial charge in [0.05, 0.1) is 0 Å². The molecule has 6 nitrogen and oxygen atoms in total. The second-order valence-electron chi connectivity index (χ2n) is 4.72. The van der Waals surface area contributed by atoms with E-state index in [0.717, 1.165) is 25.7 Å². The van der Waals surface area contributed by atoms with Crippen molar-refractivity contribution in [3.05, 3.63) is 0 Å². The lowest BCUT2D eigenvalue weighted by atomic mass is 9.98. The topological polar surface area (TPSA) is 87.7 Å². The molecule has 1 saturated carbocycles. The molecular formula is C10H16N2O4. The molecule has 1 aliphatic carbocycles. The highest BCUT2D eigenvalue weighted by Gasteiger charge is 2.44. The van der Waals surface area contributed by atoms with Crippen LogP contribution in [-0.4, -0.2) is 28.7 Å². The van der Waals surface area contributed by atoms with Crippen LogP contribution < -0.4 is 10.8 Å². The van der Waals surface area contributed by atoms with Crippen molar-refractivity contribution in [2.24, 2.45) is 5.92 Å². The van der Waals surface area contributed by atoms with Gasteiger partial charge in [-0.25, -0.2) is 4.79 Å². The van der Waals surface area contributed by atoms with Gasteiger partial charge in [-0.1, -0.05) is 12.8 Å². The van der Waals surface area contributed by atoms with Gasteiger partial charge in [0, 0.05) is 5.54 Å². The highest BCUT2D eigenvalue weighted by Crippen LogP contribution is 2.29. The lowest BCUT2D eigenvalue weighted by Gasteiger charge is -2.26. The highest BCUT2D eigenvalue weighted by atomic mass is 16.7. The van der Waals surface area contributed by atoms with Gasteiger partial charge in [-0.15, -0.1) is 5.48 Å². The fraction of sp³-hybridized carbons (Fsp3) is 0.800. The van der Waals surface area contributed by atoms with E-state index in [2.05, 4.69) is 15.6 Å². The van der Waals surface area contributed by atoms with Gasteiger partial charge in [-0.3, -0.25) is 4.79 Å². The maximum Gasteiger partial charge on any atom is 0.341 e. The van der Waals surface area contributed by atoms with Crippen LogP contribution in [0.3, 0.4) is 0 Å². The minimum Gasteiger partial charge on any atom is -0.374 e. The van der Waals surface area contributed by atoms with Gasteiger partial charge in [-0.2, -0.15) is 0 Å². The summed E-state index contributed by atoms with van der Waals surface area (Å²) in [4.78, 5) is 27.4. The lowest BCUT2D eigenvalue weighted by molar-refractivity contribution is -0.148. The summed E-state index contributed by atoms with van der Waals surface area (Å²) in [7, 11) is 0. The average molecular weight is 228 g/mol. The summed E-state index contributed by atoms with van der Waals surface area (Å²) in [5.74, 6) is -2.35. The van der Waals surface area contributed by atoms with Gasteiger partial charge in [0.2, 0.25) is 5.91 Å². The Kier molecular flexibility index (Phi) is 2.86. The summed E-state index contributed by atoms with van der Waals surface area (Å²) >= 11 is 0. The molecule has 90 valence electrons. The van der Waals surface area contributed by atoms with Crippen molar-refractivity contribution in [2.75, 3.05) is 0 Å². The molecule has 16 heavy (non-hydrogen) atoms. The Bertz CT molecular complexity index is 312. The minimum absolute atomic E-state index is 0.250. The molecular weight excluding hydrogens is 212 g/mol. The van der Waals surface area contributed by atoms with Crippen molar-refractivity contribution in [1.82, 2.24) is 10.8 Å². The molecule has 2 unspecified atom stereocenters. The van der Waals surface area contributed by atoms with Gasteiger partial charge >= 0.3 is 5.97 Å². The first kappa shape index (κ1) is 11.3. The third-order valence-electron chi connectivity index (χ3n) is 3.26. The van der Waals surface area contributed by atoms with Crippen LogP contribution in [0.4, 0.5) is 0 Å². The molecule has 0 bridgehead atoms. The predicted octanol–water partition coefficient (Wildman–Crippen LogP) is -0.569. The molecule has 0 aromatic heterocycles. The number of hydroxylamine groups is 1. The molecule has 0 aromatic rings. The molecule has 2 fully saturated rings. The fourth-order valence-corrected chi connectivity index (χ4v) is 2.28. The Morgan fingerprint density at radius 3 is 2.69 bits per heavy atom. The summed E-state index contributed by atoms with van der Waals surface area (Å²) < 4.78 is 0. The van der Waals surface area contributed by atoms with Crippen molar-refractivity contribution in [1.29, 1.82) is 0 Å². The van der Waals surface area contributed by atoms with E-state index in [1.807, 2.05) is 6.92 Å². The number of aliphatic hydroxyl groups is 1. The van der Waals surface area contributed by atoms with Crippen LogP contribution in [0, 0.1) is 5.92 Å². The summed E-state index contributed by atoms with van der Waals surface area (Å²) in [5.41, 5.74) is 1.83. The normalized spacial score (nSPS) is 32.5. The number of carbonyl (C=O) groups is 2. The van der Waals surface area contributed by atoms with Crippen molar-refractivity contribution in [2.45, 2.75) is 44.4 Å². The number of amides is 1. The monoisotopic (exact) mass is 228 g/mol. The summed E-state index contributed by atoms with van der Waals surface area (Å²) in [6.45, 7) is 1.96. The SMILES string of the molecule is CC1(NC(=O)C2C(=O)ONC2O)CCCC1. The fourth-order valence-electron chi connectivity index (χ4n) is 2.28. The largest absolute Gasteiger partial charge is 0.374 e. The second-order valence-corrected chi connectivity index (χ2v) is 4.72. The Morgan fingerprint density at radius 1 is 1.56 bits per heavy atom. The van der Waals surface area contributed by atoms with Gasteiger partial charge in [0.15, 0.2) is 12.1 Å². The molecule has 1 saturated heterocycles. The van der Waals surface area contributed by atoms with Crippen LogP contribution in [0.15, 0.2) is 0 Å². The first-order valence-electron chi connectivity index (χ1n) is 5.48. The van der Waals surface area contributed by atoms with Crippen LogP contribution in [0.2, 0.25) is 0 Å². The highest BCUT2D eigenvalue weighted by molar-refractivity contribution is 5.99. The number of rotatable bonds is 2. The first-order valence-corrected chi connectivity index (χ1v) is 5.48. The minimum atomic E-state index is -1.25. The molecule has 6 heteroatoms. The molecule has 2 aliphatic rings. The predicted molar refractivity (Wildman–Crippen MR) is 53.7 cm³/mol. The molecule has 0 radical (unpaired) electrons. The summed E-state index contributed by atoms with van der Waals surface area (Å²) in [5, 5.41) is 12.2. The van der Waals surface area contributed by atoms with E-state index in [0.29, 0.717) is 0 Å². The average Bonchev–Trinajstić information content (AvgIpc) is 2.74. The Labute approximate surface area is 93.3 Å². The van der Waals surface area contributed by atoms with Crippen LogP contribution in [0.1, 0.15) is 32.6 Å². The number of carbonyl (C=O) groups excluding carboxylic acids is 2. The number of hydrogen-bond acceptors (Lipinski definition) is 5.